The molecule has 0 unspecified atom stereocenters. The van der Waals surface area contributed by atoms with E-state index < -0.39 is 0 Å². The van der Waals surface area contributed by atoms with Crippen molar-refractivity contribution < 1.29 is 28.9 Å². The first-order valence-corrected chi connectivity index (χ1v) is 14.0. The Hall–Kier alpha value is -4.44. The maximum atomic E-state index is 14.7. The fourth-order valence-electron chi connectivity index (χ4n) is 5.08. The standard InChI is InChI=1S/C23H13FNO.C15H16N.Ir/c24-19-13-12-17-16-9-6-10-18(20-11-4-5-14-25-20)22(16)26-23(17)21(19)15-7-2-1-3-8-15;1-12(2)10-13-8-9-15(16-11-13)14-6-4-3-5-7-14;/h1-9,11-14H;3-6,8-9,11-12H,10H2,1-2H3;/q2*-1;. The monoisotopic (exact) mass is 741 g/mol. The number of pyridine rings is 2. The van der Waals surface area contributed by atoms with Crippen LogP contribution < -0.4 is 0 Å². The molecule has 43 heavy (non-hydrogen) atoms. The van der Waals surface area contributed by atoms with E-state index >= 15 is 0 Å². The van der Waals surface area contributed by atoms with E-state index in [0.717, 1.165) is 45.3 Å². The van der Waals surface area contributed by atoms with Crippen LogP contribution in [0.15, 0.2) is 126 Å². The normalized spacial score (nSPS) is 10.8. The van der Waals surface area contributed by atoms with Crippen molar-refractivity contribution in [2.45, 2.75) is 20.3 Å². The Bertz CT molecular complexity index is 1920. The van der Waals surface area contributed by atoms with Gasteiger partial charge < -0.3 is 14.4 Å². The predicted molar refractivity (Wildman–Crippen MR) is 168 cm³/mol. The zero-order chi connectivity index (χ0) is 28.9. The second kappa shape index (κ2) is 13.7. The molecule has 0 saturated carbocycles. The Morgan fingerprint density at radius 1 is 0.721 bits per heavy atom. The van der Waals surface area contributed by atoms with Gasteiger partial charge in [0.25, 0.3) is 0 Å². The second-order valence-electron chi connectivity index (χ2n) is 10.5. The summed E-state index contributed by atoms with van der Waals surface area (Å²) in [5, 5.41) is 1.81. The molecule has 0 aliphatic rings. The first kappa shape index (κ1) is 30.0. The number of fused-ring (bicyclic) bond motifs is 3. The minimum Gasteiger partial charge on any atom is -0.500 e. The van der Waals surface area contributed by atoms with Crippen molar-refractivity contribution in [2.24, 2.45) is 5.92 Å². The molecule has 0 amide bonds. The van der Waals surface area contributed by atoms with Crippen molar-refractivity contribution in [1.29, 1.82) is 0 Å². The zero-order valence-electron chi connectivity index (χ0n) is 23.8. The number of furan rings is 1. The maximum absolute atomic E-state index is 14.7. The fourth-order valence-corrected chi connectivity index (χ4v) is 5.08. The molecule has 0 spiro atoms. The Morgan fingerprint density at radius 3 is 2.21 bits per heavy atom. The van der Waals surface area contributed by atoms with Gasteiger partial charge in [0.05, 0.1) is 11.1 Å². The van der Waals surface area contributed by atoms with E-state index in [-0.39, 0.29) is 25.9 Å². The summed E-state index contributed by atoms with van der Waals surface area (Å²) in [7, 11) is 0. The van der Waals surface area contributed by atoms with E-state index in [9.17, 15) is 4.39 Å². The van der Waals surface area contributed by atoms with Gasteiger partial charge in [-0.1, -0.05) is 79.4 Å². The van der Waals surface area contributed by atoms with E-state index in [2.05, 4.69) is 48.1 Å². The second-order valence-corrected chi connectivity index (χ2v) is 10.5. The number of benzene rings is 4. The number of hydrogen-bond acceptors (Lipinski definition) is 3. The Kier molecular flexibility index (Phi) is 9.56. The molecular formula is C38H29FIrN2O-2. The molecule has 4 aromatic carbocycles. The van der Waals surface area contributed by atoms with Gasteiger partial charge in [-0.2, -0.15) is 0 Å². The van der Waals surface area contributed by atoms with Gasteiger partial charge in [-0.25, -0.2) is 4.39 Å². The Morgan fingerprint density at radius 2 is 1.51 bits per heavy atom. The molecule has 5 heteroatoms. The summed E-state index contributed by atoms with van der Waals surface area (Å²) in [6, 6.07) is 40.8. The first-order chi connectivity index (χ1) is 20.6. The summed E-state index contributed by atoms with van der Waals surface area (Å²) < 4.78 is 20.9. The van der Waals surface area contributed by atoms with Crippen LogP contribution in [0.5, 0.6) is 0 Å². The smallest absolute Gasteiger partial charge is 0.134 e. The van der Waals surface area contributed by atoms with E-state index in [0.29, 0.717) is 22.6 Å². The van der Waals surface area contributed by atoms with Crippen LogP contribution in [-0.4, -0.2) is 9.97 Å². The number of aromatic nitrogens is 2. The summed E-state index contributed by atoms with van der Waals surface area (Å²) in [5.41, 5.74) is 7.38. The Balaban J connectivity index is 0.000000188. The van der Waals surface area contributed by atoms with Crippen LogP contribution >= 0.6 is 0 Å². The zero-order valence-corrected chi connectivity index (χ0v) is 26.2. The molecule has 215 valence electrons. The molecule has 0 aliphatic heterocycles. The summed E-state index contributed by atoms with van der Waals surface area (Å²) in [4.78, 5) is 8.87. The van der Waals surface area contributed by atoms with Gasteiger partial charge in [0.1, 0.15) is 11.4 Å². The SMILES string of the molecule is CC(C)Cc1ccc(-c2[c-]cccc2)nc1.Fc1ccc2c(oc3c(-c4ccccn4)[c-]ccc32)c1-c1ccccc1.[Ir]. The van der Waals surface area contributed by atoms with Crippen LogP contribution in [-0.2, 0) is 26.5 Å². The van der Waals surface area contributed by atoms with Crippen molar-refractivity contribution in [1.82, 2.24) is 9.97 Å². The molecule has 0 fully saturated rings. The third-order valence-corrected chi connectivity index (χ3v) is 6.99. The molecule has 0 aliphatic carbocycles. The molecule has 3 nitrogen and oxygen atoms in total. The van der Waals surface area contributed by atoms with Crippen LogP contribution in [0.25, 0.3) is 55.6 Å². The number of rotatable bonds is 5. The van der Waals surface area contributed by atoms with Crippen molar-refractivity contribution >= 4 is 21.9 Å². The molecule has 0 bridgehead atoms. The quantitative estimate of drug-likeness (QED) is 0.165. The number of halogens is 1. The Labute approximate surface area is 264 Å². The third kappa shape index (κ3) is 6.64. The topological polar surface area (TPSA) is 38.9 Å². The molecule has 1 radical (unpaired) electrons. The molecule has 0 atom stereocenters. The molecule has 7 aromatic rings. The molecule has 7 rings (SSSR count). The molecule has 3 aromatic heterocycles. The molecule has 0 N–H and O–H groups in total. The van der Waals surface area contributed by atoms with E-state index in [1.165, 1.54) is 11.6 Å². The van der Waals surface area contributed by atoms with Gasteiger partial charge in [-0.05, 0) is 53.1 Å². The van der Waals surface area contributed by atoms with Gasteiger partial charge in [0.15, 0.2) is 0 Å². The van der Waals surface area contributed by atoms with Gasteiger partial charge in [0.2, 0.25) is 0 Å². The van der Waals surface area contributed by atoms with Gasteiger partial charge in [0, 0.05) is 37.9 Å². The van der Waals surface area contributed by atoms with Crippen LogP contribution in [0.4, 0.5) is 4.39 Å². The molecule has 3 heterocycles. The van der Waals surface area contributed by atoms with Crippen molar-refractivity contribution in [2.75, 3.05) is 0 Å². The van der Waals surface area contributed by atoms with E-state index in [4.69, 9.17) is 4.42 Å². The van der Waals surface area contributed by atoms with Crippen LogP contribution in [0.3, 0.4) is 0 Å². The van der Waals surface area contributed by atoms with E-state index in [1.54, 1.807) is 12.3 Å². The minimum absolute atomic E-state index is 0. The van der Waals surface area contributed by atoms with Crippen molar-refractivity contribution in [3.8, 4) is 33.6 Å². The van der Waals surface area contributed by atoms with Crippen LogP contribution in [0.2, 0.25) is 0 Å². The van der Waals surface area contributed by atoms with Crippen LogP contribution in [0.1, 0.15) is 19.4 Å². The van der Waals surface area contributed by atoms with Gasteiger partial charge >= 0.3 is 0 Å². The van der Waals surface area contributed by atoms with Gasteiger partial charge in [-0.15, -0.1) is 54.1 Å². The number of nitrogens with zero attached hydrogens (tertiary/aromatic N) is 2. The molecule has 0 saturated heterocycles. The molecular weight excluding hydrogens is 712 g/mol. The summed E-state index contributed by atoms with van der Waals surface area (Å²) in [6.45, 7) is 4.44. The largest absolute Gasteiger partial charge is 0.500 e. The summed E-state index contributed by atoms with van der Waals surface area (Å²) >= 11 is 0. The summed E-state index contributed by atoms with van der Waals surface area (Å²) in [6.07, 6.45) is 4.79. The average Bonchev–Trinajstić information content (AvgIpc) is 3.41. The van der Waals surface area contributed by atoms with Gasteiger partial charge in [-0.3, -0.25) is 0 Å². The maximum Gasteiger partial charge on any atom is 0.134 e. The minimum atomic E-state index is -0.300. The summed E-state index contributed by atoms with van der Waals surface area (Å²) in [5.74, 6) is 0.377. The third-order valence-electron chi connectivity index (χ3n) is 6.99. The van der Waals surface area contributed by atoms with E-state index in [1.807, 2.05) is 91.1 Å². The average molecular weight is 741 g/mol. The van der Waals surface area contributed by atoms with Crippen LogP contribution in [0, 0.1) is 23.9 Å². The number of hydrogen-bond donors (Lipinski definition) is 0. The van der Waals surface area contributed by atoms with Crippen molar-refractivity contribution in [3.63, 3.8) is 0 Å². The first-order valence-electron chi connectivity index (χ1n) is 14.0. The van der Waals surface area contributed by atoms with Crippen molar-refractivity contribution in [3.05, 3.63) is 145 Å². The predicted octanol–water partition coefficient (Wildman–Crippen LogP) is 10.00. The fraction of sp³-hybridized carbons (Fsp3) is 0.105.